The van der Waals surface area contributed by atoms with Crippen LogP contribution in [0.3, 0.4) is 0 Å². The van der Waals surface area contributed by atoms with Crippen molar-refractivity contribution in [2.75, 3.05) is 36.2 Å². The number of para-hydroxylation sites is 2. The van der Waals surface area contributed by atoms with E-state index >= 15 is 0 Å². The molecule has 1 atom stereocenters. The maximum absolute atomic E-state index is 12.7. The van der Waals surface area contributed by atoms with Crippen LogP contribution in [0.1, 0.15) is 19.4 Å². The Bertz CT molecular complexity index is 1430. The van der Waals surface area contributed by atoms with Crippen molar-refractivity contribution < 1.29 is 32.2 Å². The molecule has 0 bridgehead atoms. The van der Waals surface area contributed by atoms with Crippen molar-refractivity contribution in [2.45, 2.75) is 19.9 Å². The predicted molar refractivity (Wildman–Crippen MR) is 154 cm³/mol. The smallest absolute Gasteiger partial charge is 0.263 e. The lowest BCUT2D eigenvalue weighted by atomic mass is 10.2. The fourth-order valence-electron chi connectivity index (χ4n) is 3.66. The monoisotopic (exact) mass is 568 g/mol. The summed E-state index contributed by atoms with van der Waals surface area (Å²) in [4.78, 5) is 24.9. The van der Waals surface area contributed by atoms with Crippen molar-refractivity contribution in [3.05, 3.63) is 78.4 Å². The third kappa shape index (κ3) is 8.46. The molecule has 0 spiro atoms. The minimum absolute atomic E-state index is 0.204. The second-order valence-corrected chi connectivity index (χ2v) is 10.4. The highest BCUT2D eigenvalue weighted by molar-refractivity contribution is 7.92. The molecule has 0 unspecified atom stereocenters. The van der Waals surface area contributed by atoms with Gasteiger partial charge in [0.2, 0.25) is 10.0 Å². The highest BCUT2D eigenvalue weighted by atomic mass is 32.2. The molecule has 212 valence electrons. The zero-order chi connectivity index (χ0) is 29.1. The number of carbonyl (C=O) groups is 2. The van der Waals surface area contributed by atoms with Gasteiger partial charge in [0.1, 0.15) is 23.3 Å². The summed E-state index contributed by atoms with van der Waals surface area (Å²) in [7, 11) is -2.25. The van der Waals surface area contributed by atoms with Crippen LogP contribution < -0.4 is 29.3 Å². The van der Waals surface area contributed by atoms with E-state index in [1.165, 1.54) is 20.2 Å². The first-order valence-corrected chi connectivity index (χ1v) is 14.2. The Labute approximate surface area is 233 Å². The van der Waals surface area contributed by atoms with Gasteiger partial charge in [-0.05, 0) is 80.1 Å². The Morgan fingerprint density at radius 2 is 1.60 bits per heavy atom. The standard InChI is InChI=1S/C28H32N4O7S/c1-5-38-23-16-12-22(13-17-23)32(40(4,35)36)20(2)28(34)31-29-18-21-10-14-24(15-11-21)39-19-27(33)30-25-8-6-7-9-26(25)37-3/h6-18,20H,5,19H2,1-4H3,(H,30,33)(H,31,34)/t20-/m1/s1. The Kier molecular flexibility index (Phi) is 10.5. The molecule has 12 heteroatoms. The Morgan fingerprint density at radius 3 is 2.23 bits per heavy atom. The molecule has 0 aliphatic heterocycles. The number of nitrogens with one attached hydrogen (secondary N) is 2. The fourth-order valence-corrected chi connectivity index (χ4v) is 4.84. The van der Waals surface area contributed by atoms with Gasteiger partial charge in [-0.15, -0.1) is 0 Å². The summed E-state index contributed by atoms with van der Waals surface area (Å²) in [6.07, 6.45) is 2.44. The van der Waals surface area contributed by atoms with Crippen LogP contribution in [0.25, 0.3) is 0 Å². The summed E-state index contributed by atoms with van der Waals surface area (Å²) >= 11 is 0. The Morgan fingerprint density at radius 1 is 0.975 bits per heavy atom. The molecule has 0 heterocycles. The highest BCUT2D eigenvalue weighted by Crippen LogP contribution is 2.24. The summed E-state index contributed by atoms with van der Waals surface area (Å²) < 4.78 is 42.1. The SMILES string of the molecule is CCOc1ccc(N([C@H](C)C(=O)NN=Cc2ccc(OCC(=O)Nc3ccccc3OC)cc2)S(C)(=O)=O)cc1. The number of sulfonamides is 1. The molecule has 40 heavy (non-hydrogen) atoms. The van der Waals surface area contributed by atoms with Crippen molar-refractivity contribution in [3.8, 4) is 17.2 Å². The number of anilines is 2. The van der Waals surface area contributed by atoms with Gasteiger partial charge in [0.15, 0.2) is 6.61 Å². The van der Waals surface area contributed by atoms with Crippen molar-refractivity contribution in [1.82, 2.24) is 5.43 Å². The number of hydrogen-bond donors (Lipinski definition) is 2. The summed E-state index contributed by atoms with van der Waals surface area (Å²) in [5.74, 6) is 0.635. The number of rotatable bonds is 13. The van der Waals surface area contributed by atoms with Gasteiger partial charge in [-0.1, -0.05) is 12.1 Å². The molecule has 0 fully saturated rings. The van der Waals surface area contributed by atoms with E-state index in [1.54, 1.807) is 72.8 Å². The van der Waals surface area contributed by atoms with Crippen LogP contribution in [-0.2, 0) is 19.6 Å². The van der Waals surface area contributed by atoms with Crippen molar-refractivity contribution in [3.63, 3.8) is 0 Å². The molecule has 3 rings (SSSR count). The van der Waals surface area contributed by atoms with Crippen LogP contribution in [-0.4, -0.2) is 59.1 Å². The van der Waals surface area contributed by atoms with Gasteiger partial charge in [-0.3, -0.25) is 13.9 Å². The first-order chi connectivity index (χ1) is 19.1. The van der Waals surface area contributed by atoms with Crippen molar-refractivity contribution in [2.24, 2.45) is 5.10 Å². The van der Waals surface area contributed by atoms with Gasteiger partial charge in [0.25, 0.3) is 11.8 Å². The largest absolute Gasteiger partial charge is 0.495 e. The van der Waals surface area contributed by atoms with Crippen LogP contribution in [0.4, 0.5) is 11.4 Å². The fraction of sp³-hybridized carbons (Fsp3) is 0.250. The third-order valence-electron chi connectivity index (χ3n) is 5.51. The molecular formula is C28H32N4O7S. The molecular weight excluding hydrogens is 536 g/mol. The molecule has 3 aromatic rings. The lowest BCUT2D eigenvalue weighted by molar-refractivity contribution is -0.121. The summed E-state index contributed by atoms with van der Waals surface area (Å²) in [5, 5.41) is 6.67. The summed E-state index contributed by atoms with van der Waals surface area (Å²) in [5.41, 5.74) is 3.89. The first-order valence-electron chi connectivity index (χ1n) is 12.3. The molecule has 0 aliphatic rings. The van der Waals surface area contributed by atoms with Gasteiger partial charge in [-0.25, -0.2) is 13.8 Å². The van der Waals surface area contributed by atoms with Crippen LogP contribution in [0.15, 0.2) is 77.9 Å². The molecule has 0 saturated heterocycles. The highest BCUT2D eigenvalue weighted by Gasteiger charge is 2.29. The maximum atomic E-state index is 12.7. The average molecular weight is 569 g/mol. The van der Waals surface area contributed by atoms with Gasteiger partial charge in [0.05, 0.1) is 37.6 Å². The zero-order valence-electron chi connectivity index (χ0n) is 22.7. The van der Waals surface area contributed by atoms with E-state index in [-0.39, 0.29) is 12.5 Å². The minimum atomic E-state index is -3.77. The van der Waals surface area contributed by atoms with Crippen molar-refractivity contribution in [1.29, 1.82) is 0 Å². The molecule has 0 aliphatic carbocycles. The average Bonchev–Trinajstić information content (AvgIpc) is 2.93. The van der Waals surface area contributed by atoms with E-state index in [4.69, 9.17) is 14.2 Å². The van der Waals surface area contributed by atoms with E-state index in [0.717, 1.165) is 10.6 Å². The van der Waals surface area contributed by atoms with E-state index in [1.807, 2.05) is 6.92 Å². The van der Waals surface area contributed by atoms with E-state index in [0.29, 0.717) is 40.8 Å². The topological polar surface area (TPSA) is 136 Å². The predicted octanol–water partition coefficient (Wildman–Crippen LogP) is 3.42. The summed E-state index contributed by atoms with van der Waals surface area (Å²) in [6.45, 7) is 3.59. The number of benzene rings is 3. The quantitative estimate of drug-likeness (QED) is 0.238. The van der Waals surface area contributed by atoms with Crippen LogP contribution in [0.2, 0.25) is 0 Å². The Hall–Kier alpha value is -4.58. The van der Waals surface area contributed by atoms with Gasteiger partial charge < -0.3 is 19.5 Å². The molecule has 0 aromatic heterocycles. The van der Waals surface area contributed by atoms with Crippen LogP contribution in [0, 0.1) is 0 Å². The maximum Gasteiger partial charge on any atom is 0.263 e. The molecule has 0 saturated carbocycles. The van der Waals surface area contributed by atoms with E-state index in [9.17, 15) is 18.0 Å². The second kappa shape index (κ2) is 14.0. The first kappa shape index (κ1) is 30.0. The van der Waals surface area contributed by atoms with Gasteiger partial charge in [0, 0.05) is 0 Å². The number of methoxy groups -OCH3 is 1. The zero-order valence-corrected chi connectivity index (χ0v) is 23.5. The van der Waals surface area contributed by atoms with E-state index in [2.05, 4.69) is 15.8 Å². The molecule has 0 radical (unpaired) electrons. The third-order valence-corrected chi connectivity index (χ3v) is 6.75. The number of amides is 2. The van der Waals surface area contributed by atoms with Gasteiger partial charge in [-0.2, -0.15) is 5.10 Å². The summed E-state index contributed by atoms with van der Waals surface area (Å²) in [6, 6.07) is 19.1. The van der Waals surface area contributed by atoms with Gasteiger partial charge >= 0.3 is 0 Å². The normalized spacial score (nSPS) is 11.9. The molecule has 2 N–H and O–H groups in total. The second-order valence-electron chi connectivity index (χ2n) is 8.50. The van der Waals surface area contributed by atoms with Crippen molar-refractivity contribution >= 4 is 39.4 Å². The molecule has 3 aromatic carbocycles. The lowest BCUT2D eigenvalue weighted by Crippen LogP contribution is -2.46. The van der Waals surface area contributed by atoms with Crippen LogP contribution in [0.5, 0.6) is 17.2 Å². The number of hydrazone groups is 1. The number of hydrogen-bond acceptors (Lipinski definition) is 8. The number of nitrogens with zero attached hydrogens (tertiary/aromatic N) is 2. The lowest BCUT2D eigenvalue weighted by Gasteiger charge is -2.27. The minimum Gasteiger partial charge on any atom is -0.495 e. The van der Waals surface area contributed by atoms with E-state index < -0.39 is 22.0 Å². The number of ether oxygens (including phenoxy) is 3. The molecule has 2 amide bonds. The number of carbonyl (C=O) groups excluding carboxylic acids is 2. The molecule has 11 nitrogen and oxygen atoms in total. The van der Waals surface area contributed by atoms with Crippen LogP contribution >= 0.6 is 0 Å². The Balaban J connectivity index is 1.54.